The molecule has 0 bridgehead atoms. The number of benzene rings is 12. The van der Waals surface area contributed by atoms with Crippen LogP contribution in [0, 0.1) is 17.5 Å². The predicted octanol–water partition coefficient (Wildman–Crippen LogP) is 16.6. The highest BCUT2D eigenvalue weighted by molar-refractivity contribution is 7.60. The number of anilines is 3. The lowest BCUT2D eigenvalue weighted by Gasteiger charge is -2.28. The van der Waals surface area contributed by atoms with E-state index in [2.05, 4.69) is 16.0 Å². The minimum Gasteiger partial charge on any atom is -0.508 e. The lowest BCUT2D eigenvalue weighted by molar-refractivity contribution is 0.161. The van der Waals surface area contributed by atoms with Gasteiger partial charge in [-0.15, -0.1) is 0 Å². The number of hydrogen-bond donors (Lipinski definition) is 15. The third kappa shape index (κ3) is 21.7. The van der Waals surface area contributed by atoms with Crippen molar-refractivity contribution in [2.24, 2.45) is 0 Å². The van der Waals surface area contributed by atoms with Crippen LogP contribution in [-0.2, 0) is 13.7 Å². The quantitative estimate of drug-likeness (QED) is 0.0213. The Balaban J connectivity index is 0.000000159. The summed E-state index contributed by atoms with van der Waals surface area (Å²) in [5.74, 6) is -1.20. The Kier molecular flexibility index (Phi) is 28.1. The first kappa shape index (κ1) is 88.7. The molecule has 6 amide bonds. The molecule has 24 nitrogen and oxygen atoms in total. The molecule has 9 atom stereocenters. The molecule has 30 heteroatoms. The van der Waals surface area contributed by atoms with Crippen molar-refractivity contribution in [1.29, 1.82) is 0 Å². The number of aromatic hydroxyl groups is 3. The largest absolute Gasteiger partial charge is 0.508 e. The van der Waals surface area contributed by atoms with Gasteiger partial charge in [0, 0.05) is 33.8 Å². The van der Waals surface area contributed by atoms with E-state index in [0.29, 0.717) is 142 Å². The van der Waals surface area contributed by atoms with Crippen molar-refractivity contribution in [3.8, 4) is 50.6 Å². The number of nitrogens with zero attached hydrogens (tertiary/aromatic N) is 3. The zero-order valence-electron chi connectivity index (χ0n) is 65.9. The van der Waals surface area contributed by atoms with Crippen LogP contribution in [0.2, 0.25) is 0 Å². The summed E-state index contributed by atoms with van der Waals surface area (Å²) < 4.78 is 74.3. The molecule has 15 rings (SSSR count). The van der Waals surface area contributed by atoms with E-state index in [-0.39, 0.29) is 86.8 Å². The molecule has 4 unspecified atom stereocenters. The number of phenolic OH excluding ortho intramolecular Hbond substituents is 3. The Morgan fingerprint density at radius 1 is 0.301 bits per heavy atom. The van der Waals surface area contributed by atoms with Gasteiger partial charge in [0.15, 0.2) is 0 Å². The smallest absolute Gasteiger partial charge is 0.356 e. The van der Waals surface area contributed by atoms with Gasteiger partial charge in [0.05, 0.1) is 70.5 Å². The monoisotopic (exact) mass is 1730 g/mol. The van der Waals surface area contributed by atoms with Crippen LogP contribution in [0.15, 0.2) is 291 Å². The summed E-state index contributed by atoms with van der Waals surface area (Å²) >= 11 is 0. The van der Waals surface area contributed by atoms with E-state index in [0.717, 1.165) is 0 Å². The molecule has 3 aliphatic heterocycles. The highest BCUT2D eigenvalue weighted by Gasteiger charge is 2.45. The lowest BCUT2D eigenvalue weighted by Crippen LogP contribution is -2.29. The Bertz CT molecular complexity index is 5250. The molecule has 12 aromatic carbocycles. The first-order chi connectivity index (χ1) is 58.8. The Labute approximate surface area is 707 Å². The van der Waals surface area contributed by atoms with Gasteiger partial charge in [-0.2, -0.15) is 0 Å². The van der Waals surface area contributed by atoms with E-state index < -0.39 is 59.2 Å². The Morgan fingerprint density at radius 2 is 0.520 bits per heavy atom. The van der Waals surface area contributed by atoms with Crippen LogP contribution in [-0.4, -0.2) is 96.2 Å². The van der Waals surface area contributed by atoms with Gasteiger partial charge in [-0.3, -0.25) is 28.4 Å². The summed E-state index contributed by atoms with van der Waals surface area (Å²) in [6, 6.07) is 73.9. The average molecular weight is 1730 g/mol. The van der Waals surface area contributed by atoms with Crippen molar-refractivity contribution < 1.29 is 101 Å². The average Bonchev–Trinajstić information content (AvgIpc) is 1.64. The van der Waals surface area contributed by atoms with E-state index in [1.807, 2.05) is 91.0 Å². The van der Waals surface area contributed by atoms with Crippen LogP contribution < -0.4 is 46.6 Å². The fraction of sp³-hybridized carbons (Fsp3) is 0.194. The number of amides is 6. The zero-order valence-corrected chi connectivity index (χ0v) is 68.6. The molecule has 3 saturated heterocycles. The Hall–Kier alpha value is -12.0. The number of hydrogen-bond acceptors (Lipinski definition) is 12. The number of aliphatic hydroxyl groups is 3. The standard InChI is InChI=1S/3C31H30FN2O6P/c3*32-23-14-9-21(10-15-23)28(35)8-4-7-27-30(34(31(37)33-27)24-5-2-1-3-6-24)26-18-13-22(19-29(26)36)20-11-16-25(17-12-20)41(38,39)40/h3*1-3,5-6,9-19,27-28,30,35-36H,4,7-8H2,(H,33,37)(H2,38,39,40)/t27-,28?,30-;27-,28-,30-;/m11./s1. The highest BCUT2D eigenvalue weighted by atomic mass is 31.2. The second-order valence-electron chi connectivity index (χ2n) is 30.2. The molecule has 15 N–H and O–H groups in total. The van der Waals surface area contributed by atoms with Crippen LogP contribution >= 0.6 is 22.8 Å². The van der Waals surface area contributed by atoms with Gasteiger partial charge >= 0.3 is 40.9 Å². The maximum absolute atomic E-state index is 13.3. The molecule has 0 radical (unpaired) electrons. The maximum Gasteiger partial charge on any atom is 0.356 e. The molecule has 123 heavy (non-hydrogen) atoms. The highest BCUT2D eigenvalue weighted by Crippen LogP contribution is 2.47. The summed E-state index contributed by atoms with van der Waals surface area (Å²) in [6.45, 7) is 0. The second kappa shape index (κ2) is 39.0. The van der Waals surface area contributed by atoms with Crippen molar-refractivity contribution in [2.45, 2.75) is 112 Å². The maximum atomic E-state index is 13.3. The fourth-order valence-electron chi connectivity index (χ4n) is 15.8. The lowest BCUT2D eigenvalue weighted by atomic mass is 9.92. The number of halogens is 3. The second-order valence-corrected chi connectivity index (χ2v) is 35.0. The molecule has 0 aromatic heterocycles. The van der Waals surface area contributed by atoms with Crippen molar-refractivity contribution in [2.75, 3.05) is 14.7 Å². The molecular formula is C93H90F3N6O18P3. The van der Waals surface area contributed by atoms with E-state index in [4.69, 9.17) is 0 Å². The Morgan fingerprint density at radius 3 is 0.732 bits per heavy atom. The molecule has 636 valence electrons. The molecule has 0 saturated carbocycles. The van der Waals surface area contributed by atoms with Gasteiger partial charge in [-0.05, 0) is 235 Å². The van der Waals surface area contributed by atoms with Gasteiger partial charge in [0.1, 0.15) is 34.7 Å². The minimum atomic E-state index is -4.37. The van der Waals surface area contributed by atoms with Gasteiger partial charge < -0.3 is 75.9 Å². The van der Waals surface area contributed by atoms with Crippen LogP contribution in [0.3, 0.4) is 0 Å². The molecule has 0 aliphatic carbocycles. The number of nitrogens with one attached hydrogen (secondary N) is 3. The summed E-state index contributed by atoms with van der Waals surface area (Å²) in [6.07, 6.45) is 2.13. The summed E-state index contributed by atoms with van der Waals surface area (Å²) in [5.41, 5.74) is 9.38. The number of carbonyl (C=O) groups excluding carboxylic acids is 3. The SMILES string of the molecule is O=C1NC(CCCC(O)c2ccc(F)cc2)C(c2ccc(-c3ccc(P(=O)(O)O)cc3)cc2O)N1c1ccccc1.O=C1N[C@H](CCCC(O)c2ccc(F)cc2)[C@@H](c2ccc(-c3ccc(P(=O)(O)O)cc3)cc2O)N1c1ccccc1.O=C1N[C@H](CCC[C@@H](O)c2ccc(F)cc2)[C@@H](c2ccc(-c3ccc(P(=O)(O)O)cc3)cc2O)N1c1ccccc1. The molecular weight excluding hydrogens is 1640 g/mol. The van der Waals surface area contributed by atoms with Crippen LogP contribution in [0.4, 0.5) is 44.6 Å². The van der Waals surface area contributed by atoms with Gasteiger partial charge in [0.25, 0.3) is 0 Å². The van der Waals surface area contributed by atoms with Gasteiger partial charge in [-0.1, -0.05) is 164 Å². The fourth-order valence-corrected chi connectivity index (χ4v) is 17.4. The summed E-state index contributed by atoms with van der Waals surface area (Å²) in [5, 5.41) is 74.2. The molecule has 3 heterocycles. The number of aliphatic hydroxyl groups excluding tert-OH is 3. The van der Waals surface area contributed by atoms with Crippen molar-refractivity contribution in [3.63, 3.8) is 0 Å². The van der Waals surface area contributed by atoms with E-state index >= 15 is 0 Å². The molecule has 3 aliphatic rings. The molecule has 12 aromatic rings. The van der Waals surface area contributed by atoms with Gasteiger partial charge in [-0.25, -0.2) is 27.6 Å². The van der Waals surface area contributed by atoms with Crippen molar-refractivity contribution in [3.05, 3.63) is 342 Å². The van der Waals surface area contributed by atoms with Crippen LogP contribution in [0.25, 0.3) is 33.4 Å². The number of carbonyl (C=O) groups is 3. The van der Waals surface area contributed by atoms with Crippen molar-refractivity contribution in [1.82, 2.24) is 16.0 Å². The number of rotatable bonds is 27. The van der Waals surface area contributed by atoms with Crippen LogP contribution in [0.1, 0.15) is 128 Å². The third-order valence-electron chi connectivity index (χ3n) is 22.1. The summed E-state index contributed by atoms with van der Waals surface area (Å²) in [7, 11) is -13.1. The number of para-hydroxylation sites is 3. The van der Waals surface area contributed by atoms with Gasteiger partial charge in [0.2, 0.25) is 0 Å². The number of urea groups is 3. The molecule has 0 spiro atoms. The third-order valence-corrected chi connectivity index (χ3v) is 25.0. The number of phenols is 3. The van der Waals surface area contributed by atoms with Crippen LogP contribution in [0.5, 0.6) is 17.2 Å². The predicted molar refractivity (Wildman–Crippen MR) is 463 cm³/mol. The van der Waals surface area contributed by atoms with E-state index in [1.165, 1.54) is 72.8 Å². The first-order valence-corrected chi connectivity index (χ1v) is 44.4. The summed E-state index contributed by atoms with van der Waals surface area (Å²) in [4.78, 5) is 101. The van der Waals surface area contributed by atoms with E-state index in [9.17, 15) is 101 Å². The normalized spacial score (nSPS) is 17.9. The zero-order chi connectivity index (χ0) is 87.4. The molecule has 3 fully saturated rings. The topological polar surface area (TPSA) is 391 Å². The minimum absolute atomic E-state index is 0.0275. The first-order valence-electron chi connectivity index (χ1n) is 39.6. The van der Waals surface area contributed by atoms with Crippen molar-refractivity contribution >= 4 is 73.9 Å². The van der Waals surface area contributed by atoms with E-state index in [1.54, 1.807) is 142 Å².